The van der Waals surface area contributed by atoms with Gasteiger partial charge in [-0.15, -0.1) is 0 Å². The fraction of sp³-hybridized carbons (Fsp3) is 0.326. The lowest BCUT2D eigenvalue weighted by Crippen LogP contribution is -2.37. The Bertz CT molecular complexity index is 2300. The number of fused-ring (bicyclic) bond motifs is 8. The maximum absolute atomic E-state index is 14.1. The number of amides is 3. The molecule has 8 rings (SSSR count). The van der Waals surface area contributed by atoms with Crippen molar-refractivity contribution in [3.8, 4) is 23.0 Å². The van der Waals surface area contributed by atoms with Crippen LogP contribution in [0.5, 0.6) is 23.0 Å². The van der Waals surface area contributed by atoms with Crippen LogP contribution in [0.4, 0.5) is 28.4 Å². The summed E-state index contributed by atoms with van der Waals surface area (Å²) in [5.74, 6) is 1.31. The van der Waals surface area contributed by atoms with Gasteiger partial charge in [-0.2, -0.15) is 12.6 Å². The number of thiol groups is 1. The zero-order valence-electron chi connectivity index (χ0n) is 31.7. The van der Waals surface area contributed by atoms with E-state index in [0.29, 0.717) is 89.9 Å². The summed E-state index contributed by atoms with van der Waals surface area (Å²) in [5.41, 5.74) is 6.22. The number of aliphatic imine (C=N–C) groups is 2. The lowest BCUT2D eigenvalue weighted by molar-refractivity contribution is -0.116. The Morgan fingerprint density at radius 3 is 1.89 bits per heavy atom. The predicted molar refractivity (Wildman–Crippen MR) is 220 cm³/mol. The van der Waals surface area contributed by atoms with E-state index in [1.165, 1.54) is 7.11 Å². The third-order valence-corrected chi connectivity index (χ3v) is 10.6. The first-order chi connectivity index (χ1) is 27.0. The molecule has 4 aromatic rings. The van der Waals surface area contributed by atoms with Crippen molar-refractivity contribution in [2.24, 2.45) is 9.98 Å². The summed E-state index contributed by atoms with van der Waals surface area (Å²) in [4.78, 5) is 53.4. The Morgan fingerprint density at radius 1 is 0.768 bits per heavy atom. The summed E-state index contributed by atoms with van der Waals surface area (Å²) in [5, 5.41) is 2.97. The largest absolute Gasteiger partial charge is 0.493 e. The van der Waals surface area contributed by atoms with Gasteiger partial charge in [-0.05, 0) is 47.9 Å². The van der Waals surface area contributed by atoms with E-state index >= 15 is 0 Å². The second-order valence-electron chi connectivity index (χ2n) is 14.9. The van der Waals surface area contributed by atoms with Gasteiger partial charge in [-0.3, -0.25) is 34.2 Å². The van der Waals surface area contributed by atoms with Crippen molar-refractivity contribution in [3.63, 3.8) is 0 Å². The van der Waals surface area contributed by atoms with Crippen LogP contribution in [0.15, 0.2) is 76.7 Å². The van der Waals surface area contributed by atoms with E-state index < -0.39 is 0 Å². The molecule has 0 spiro atoms. The summed E-state index contributed by atoms with van der Waals surface area (Å²) < 4.78 is 23.3. The monoisotopic (exact) mass is 773 g/mol. The Morgan fingerprint density at radius 2 is 1.32 bits per heavy atom. The van der Waals surface area contributed by atoms with Gasteiger partial charge in [0, 0.05) is 66.4 Å². The van der Waals surface area contributed by atoms with Gasteiger partial charge in [0.25, 0.3) is 11.8 Å². The number of ether oxygens (including phenoxy) is 4. The molecule has 13 heteroatoms. The zero-order valence-corrected chi connectivity index (χ0v) is 32.6. The quantitative estimate of drug-likeness (QED) is 0.112. The number of carbonyl (C=O) groups excluding carboxylic acids is 3. The standard InChI is InChI=1S/C43H43N5O7S/c1-43(2,56)13-12-40(49)46-27-11-10-26-17-29-24-45-33-22-39(37(53-4)20-31(33)42(51)48(29)35(26)18-27)55-15-7-14-54-38-21-32-30(19-36(38)52-3)41(50)47-28(23-44-32)16-25-8-5-6-9-34(25)47/h5-6,8-11,18-24,28-29,56H,7,12-17H2,1-4H3,(H,46,49)/t28-,29-/m0/s1. The molecule has 4 aromatic carbocycles. The van der Waals surface area contributed by atoms with E-state index in [1.807, 2.05) is 62.5 Å². The Hall–Kier alpha value is -5.82. The van der Waals surface area contributed by atoms with E-state index in [9.17, 15) is 14.4 Å². The number of hydrogen-bond acceptors (Lipinski definition) is 10. The lowest BCUT2D eigenvalue weighted by atomic mass is 10.1. The molecule has 4 heterocycles. The van der Waals surface area contributed by atoms with Crippen LogP contribution in [-0.4, -0.2) is 74.4 Å². The lowest BCUT2D eigenvalue weighted by Gasteiger charge is -2.22. The topological polar surface area (TPSA) is 131 Å². The van der Waals surface area contributed by atoms with E-state index in [-0.39, 0.29) is 41.2 Å². The summed E-state index contributed by atoms with van der Waals surface area (Å²) in [7, 11) is 3.07. The molecule has 0 aliphatic carbocycles. The first-order valence-corrected chi connectivity index (χ1v) is 19.1. The number of hydrogen-bond donors (Lipinski definition) is 2. The van der Waals surface area contributed by atoms with Crippen LogP contribution in [0.3, 0.4) is 0 Å². The maximum Gasteiger partial charge on any atom is 0.261 e. The van der Waals surface area contributed by atoms with Crippen LogP contribution >= 0.6 is 12.6 Å². The average molecular weight is 774 g/mol. The number of rotatable bonds is 12. The molecule has 0 bridgehead atoms. The first-order valence-electron chi connectivity index (χ1n) is 18.7. The SMILES string of the molecule is COc1cc2c(cc1OCCCOc1cc3c(cc1OC)C(=O)N1c4cc(NC(=O)CCC(C)(C)S)ccc4C[C@H]1C=N3)N=C[C@@H]1Cc3ccccc3N1C2=O. The molecular formula is C43H43N5O7S. The normalized spacial score (nSPS) is 17.5. The molecule has 1 N–H and O–H groups in total. The van der Waals surface area contributed by atoms with E-state index in [0.717, 1.165) is 22.5 Å². The molecule has 0 radical (unpaired) electrons. The van der Waals surface area contributed by atoms with Crippen LogP contribution in [0.25, 0.3) is 0 Å². The van der Waals surface area contributed by atoms with Crippen LogP contribution < -0.4 is 34.1 Å². The third-order valence-electron chi connectivity index (χ3n) is 10.4. The van der Waals surface area contributed by atoms with Crippen LogP contribution in [0.2, 0.25) is 0 Å². The van der Waals surface area contributed by atoms with Crippen LogP contribution in [-0.2, 0) is 17.6 Å². The minimum Gasteiger partial charge on any atom is -0.493 e. The molecule has 288 valence electrons. The molecule has 0 unspecified atom stereocenters. The summed E-state index contributed by atoms with van der Waals surface area (Å²) in [6.07, 6.45) is 6.41. The van der Waals surface area contributed by atoms with Gasteiger partial charge < -0.3 is 24.3 Å². The zero-order chi connectivity index (χ0) is 39.1. The van der Waals surface area contributed by atoms with E-state index in [1.54, 1.807) is 47.4 Å². The molecular weight excluding hydrogens is 731 g/mol. The molecule has 4 aliphatic rings. The first kappa shape index (κ1) is 37.1. The molecule has 2 atom stereocenters. The molecule has 0 saturated heterocycles. The van der Waals surface area contributed by atoms with Gasteiger partial charge in [0.15, 0.2) is 23.0 Å². The molecule has 3 amide bonds. The number of nitrogens with one attached hydrogen (secondary N) is 1. The molecule has 0 fully saturated rings. The summed E-state index contributed by atoms with van der Waals surface area (Å²) in [6.45, 7) is 4.53. The fourth-order valence-electron chi connectivity index (χ4n) is 7.56. The van der Waals surface area contributed by atoms with Gasteiger partial charge in [0.2, 0.25) is 5.91 Å². The highest BCUT2D eigenvalue weighted by atomic mass is 32.1. The van der Waals surface area contributed by atoms with Gasteiger partial charge >= 0.3 is 0 Å². The number of nitrogens with zero attached hydrogens (tertiary/aromatic N) is 4. The number of carbonyl (C=O) groups is 3. The summed E-state index contributed by atoms with van der Waals surface area (Å²) in [6, 6.07) is 20.0. The smallest absolute Gasteiger partial charge is 0.261 e. The molecule has 0 saturated carbocycles. The van der Waals surface area contributed by atoms with Gasteiger partial charge in [0.05, 0.1) is 67.7 Å². The highest BCUT2D eigenvalue weighted by Gasteiger charge is 2.38. The summed E-state index contributed by atoms with van der Waals surface area (Å²) >= 11 is 4.52. The number of benzene rings is 4. The van der Waals surface area contributed by atoms with E-state index in [2.05, 4.69) is 22.9 Å². The third kappa shape index (κ3) is 7.18. The second-order valence-corrected chi connectivity index (χ2v) is 16.1. The number of methoxy groups -OCH3 is 2. The number of para-hydroxylation sites is 1. The molecule has 4 aliphatic heterocycles. The van der Waals surface area contributed by atoms with Crippen molar-refractivity contribution in [3.05, 3.63) is 89.0 Å². The Balaban J connectivity index is 0.919. The Labute approximate surface area is 330 Å². The highest BCUT2D eigenvalue weighted by Crippen LogP contribution is 2.43. The van der Waals surface area contributed by atoms with Crippen molar-refractivity contribution in [1.82, 2.24) is 0 Å². The molecule has 56 heavy (non-hydrogen) atoms. The van der Waals surface area contributed by atoms with Gasteiger partial charge in [-0.1, -0.05) is 38.1 Å². The van der Waals surface area contributed by atoms with Crippen LogP contribution in [0.1, 0.15) is 65.0 Å². The second kappa shape index (κ2) is 15.0. The van der Waals surface area contributed by atoms with E-state index in [4.69, 9.17) is 23.9 Å². The minimum absolute atomic E-state index is 0.104. The van der Waals surface area contributed by atoms with Crippen molar-refractivity contribution >= 4 is 71.2 Å². The Kier molecular flexibility index (Phi) is 9.96. The fourth-order valence-corrected chi connectivity index (χ4v) is 7.68. The van der Waals surface area contributed by atoms with Crippen LogP contribution in [0, 0.1) is 0 Å². The predicted octanol–water partition coefficient (Wildman–Crippen LogP) is 7.55. The average Bonchev–Trinajstić information content (AvgIpc) is 3.67. The molecule has 0 aromatic heterocycles. The van der Waals surface area contributed by atoms with Gasteiger partial charge in [-0.25, -0.2) is 0 Å². The van der Waals surface area contributed by atoms with Crippen molar-refractivity contribution in [2.75, 3.05) is 42.5 Å². The van der Waals surface area contributed by atoms with Crippen molar-refractivity contribution in [1.29, 1.82) is 0 Å². The highest BCUT2D eigenvalue weighted by molar-refractivity contribution is 7.81. The van der Waals surface area contributed by atoms with Crippen molar-refractivity contribution < 1.29 is 33.3 Å². The van der Waals surface area contributed by atoms with Crippen molar-refractivity contribution in [2.45, 2.75) is 62.8 Å². The number of anilines is 3. The molecule has 12 nitrogen and oxygen atoms in total. The maximum atomic E-state index is 14.1. The minimum atomic E-state index is -0.281. The van der Waals surface area contributed by atoms with Gasteiger partial charge in [0.1, 0.15) is 0 Å².